The minimum atomic E-state index is -0.0176. The molecule has 2 saturated heterocycles. The molecular weight excluding hydrogens is 362 g/mol. The van der Waals surface area contributed by atoms with Crippen molar-refractivity contribution in [3.63, 3.8) is 0 Å². The van der Waals surface area contributed by atoms with Gasteiger partial charge in [-0.2, -0.15) is 0 Å². The highest BCUT2D eigenvalue weighted by molar-refractivity contribution is 6.05. The third-order valence-electron chi connectivity index (χ3n) is 7.10. The molecule has 0 radical (unpaired) electrons. The molecule has 5 heteroatoms. The standard InChI is InChI=1S/C24H33N3O2/c1-18-21(19-7-5-4-6-8-19)22(18)23(29)26-13-11-24(12-14-26)10-9-20(28)27(17-24)16-15-25(2)3/h4-8,22H,9-17H2,1-3H3/t22-/m0/s1. The van der Waals surface area contributed by atoms with Gasteiger partial charge in [-0.3, -0.25) is 9.59 Å². The summed E-state index contributed by atoms with van der Waals surface area (Å²) in [4.78, 5) is 31.7. The van der Waals surface area contributed by atoms with Crippen molar-refractivity contribution in [3.8, 4) is 0 Å². The van der Waals surface area contributed by atoms with Crippen molar-refractivity contribution >= 4 is 17.4 Å². The Morgan fingerprint density at radius 1 is 1.14 bits per heavy atom. The van der Waals surface area contributed by atoms with Gasteiger partial charge in [0.15, 0.2) is 0 Å². The van der Waals surface area contributed by atoms with Crippen LogP contribution in [0.25, 0.3) is 5.57 Å². The van der Waals surface area contributed by atoms with Crippen molar-refractivity contribution < 1.29 is 9.59 Å². The van der Waals surface area contributed by atoms with Gasteiger partial charge >= 0.3 is 0 Å². The minimum Gasteiger partial charge on any atom is -0.342 e. The highest BCUT2D eigenvalue weighted by atomic mass is 16.2. The topological polar surface area (TPSA) is 43.9 Å². The Morgan fingerprint density at radius 3 is 2.48 bits per heavy atom. The summed E-state index contributed by atoms with van der Waals surface area (Å²) in [5.41, 5.74) is 3.82. The molecule has 0 aromatic heterocycles. The molecule has 1 aromatic carbocycles. The molecule has 1 aromatic rings. The van der Waals surface area contributed by atoms with E-state index in [9.17, 15) is 9.59 Å². The molecule has 0 saturated carbocycles. The Balaban J connectivity index is 1.34. The fraction of sp³-hybridized carbons (Fsp3) is 0.583. The zero-order chi connectivity index (χ0) is 20.6. The zero-order valence-electron chi connectivity index (χ0n) is 18.0. The molecule has 0 unspecified atom stereocenters. The van der Waals surface area contributed by atoms with Crippen LogP contribution in [0.4, 0.5) is 0 Å². The second-order valence-corrected chi connectivity index (χ2v) is 9.34. The maximum Gasteiger partial charge on any atom is 0.234 e. The first-order valence-corrected chi connectivity index (χ1v) is 10.9. The summed E-state index contributed by atoms with van der Waals surface area (Å²) in [6, 6.07) is 10.3. The second-order valence-electron chi connectivity index (χ2n) is 9.34. The molecule has 3 aliphatic rings. The van der Waals surface area contributed by atoms with Gasteiger partial charge in [-0.1, -0.05) is 35.9 Å². The zero-order valence-corrected chi connectivity index (χ0v) is 18.0. The van der Waals surface area contributed by atoms with Crippen LogP contribution in [0.3, 0.4) is 0 Å². The lowest BCUT2D eigenvalue weighted by Crippen LogP contribution is -2.53. The number of rotatable bonds is 5. The molecule has 1 aliphatic carbocycles. The number of benzene rings is 1. The number of hydrogen-bond donors (Lipinski definition) is 0. The van der Waals surface area contributed by atoms with Crippen LogP contribution in [0.2, 0.25) is 0 Å². The smallest absolute Gasteiger partial charge is 0.234 e. The van der Waals surface area contributed by atoms with E-state index in [-0.39, 0.29) is 17.2 Å². The summed E-state index contributed by atoms with van der Waals surface area (Å²) in [5, 5.41) is 0. The highest BCUT2D eigenvalue weighted by Crippen LogP contribution is 2.48. The Kier molecular flexibility index (Phi) is 5.52. The van der Waals surface area contributed by atoms with E-state index in [4.69, 9.17) is 0 Å². The fourth-order valence-electron chi connectivity index (χ4n) is 5.07. The molecule has 2 aliphatic heterocycles. The van der Waals surface area contributed by atoms with Gasteiger partial charge in [-0.05, 0) is 56.8 Å². The Hall–Kier alpha value is -2.14. The number of likely N-dealkylation sites (tertiary alicyclic amines) is 2. The maximum atomic E-state index is 13.1. The lowest BCUT2D eigenvalue weighted by Gasteiger charge is -2.47. The van der Waals surface area contributed by atoms with Crippen molar-refractivity contribution in [1.82, 2.24) is 14.7 Å². The summed E-state index contributed by atoms with van der Waals surface area (Å²) in [7, 11) is 4.10. The number of nitrogens with zero attached hydrogens (tertiary/aromatic N) is 3. The van der Waals surface area contributed by atoms with Gasteiger partial charge in [0, 0.05) is 39.1 Å². The fourth-order valence-corrected chi connectivity index (χ4v) is 5.07. The summed E-state index contributed by atoms with van der Waals surface area (Å²) < 4.78 is 0. The third-order valence-corrected chi connectivity index (χ3v) is 7.10. The lowest BCUT2D eigenvalue weighted by atomic mass is 9.72. The number of carbonyl (C=O) groups excluding carboxylic acids is 2. The molecule has 1 spiro atoms. The SMILES string of the molecule is CC1=C(c2ccccc2)[C@H]1C(=O)N1CCC2(CCC(=O)N(CCN(C)C)C2)CC1. The van der Waals surface area contributed by atoms with Crippen LogP contribution in [-0.2, 0) is 9.59 Å². The van der Waals surface area contributed by atoms with Crippen LogP contribution >= 0.6 is 0 Å². The van der Waals surface area contributed by atoms with Crippen LogP contribution in [0.1, 0.15) is 38.2 Å². The average Bonchev–Trinajstić information content (AvgIpc) is 3.40. The van der Waals surface area contributed by atoms with Gasteiger partial charge in [0.1, 0.15) is 0 Å². The second kappa shape index (κ2) is 7.94. The molecule has 1 atom stereocenters. The largest absolute Gasteiger partial charge is 0.342 e. The van der Waals surface area contributed by atoms with Crippen molar-refractivity contribution in [1.29, 1.82) is 0 Å². The van der Waals surface area contributed by atoms with E-state index < -0.39 is 0 Å². The minimum absolute atomic E-state index is 0.0176. The van der Waals surface area contributed by atoms with Gasteiger partial charge in [-0.15, -0.1) is 0 Å². The van der Waals surface area contributed by atoms with Crippen molar-refractivity contribution in [2.75, 3.05) is 46.8 Å². The lowest BCUT2D eigenvalue weighted by molar-refractivity contribution is -0.142. The first kappa shape index (κ1) is 20.1. The van der Waals surface area contributed by atoms with Gasteiger partial charge in [-0.25, -0.2) is 0 Å². The molecule has 5 nitrogen and oxygen atoms in total. The number of carbonyl (C=O) groups is 2. The number of likely N-dealkylation sites (N-methyl/N-ethyl adjacent to an activating group) is 1. The van der Waals surface area contributed by atoms with E-state index >= 15 is 0 Å². The van der Waals surface area contributed by atoms with Crippen molar-refractivity contribution in [3.05, 3.63) is 41.5 Å². The Bertz CT molecular complexity index is 807. The highest BCUT2D eigenvalue weighted by Gasteiger charge is 2.46. The molecule has 4 rings (SSSR count). The predicted molar refractivity (Wildman–Crippen MR) is 115 cm³/mol. The van der Waals surface area contributed by atoms with Crippen LogP contribution in [0.5, 0.6) is 0 Å². The molecule has 2 fully saturated rings. The average molecular weight is 396 g/mol. The first-order valence-electron chi connectivity index (χ1n) is 10.9. The number of hydrogen-bond acceptors (Lipinski definition) is 3. The maximum absolute atomic E-state index is 13.1. The van der Waals surface area contributed by atoms with E-state index in [0.717, 1.165) is 52.0 Å². The number of piperidine rings is 2. The van der Waals surface area contributed by atoms with Gasteiger partial charge in [0.2, 0.25) is 11.8 Å². The van der Waals surface area contributed by atoms with Crippen LogP contribution in [0.15, 0.2) is 35.9 Å². The van der Waals surface area contributed by atoms with E-state index in [2.05, 4.69) is 33.8 Å². The molecule has 0 N–H and O–H groups in total. The number of amides is 2. The molecule has 0 bridgehead atoms. The first-order chi connectivity index (χ1) is 13.9. The molecule has 156 valence electrons. The van der Waals surface area contributed by atoms with E-state index in [1.165, 1.54) is 16.7 Å². The Labute approximate surface area is 174 Å². The van der Waals surface area contributed by atoms with Crippen LogP contribution < -0.4 is 0 Å². The van der Waals surface area contributed by atoms with E-state index in [1.807, 2.05) is 32.3 Å². The summed E-state index contributed by atoms with van der Waals surface area (Å²) >= 11 is 0. The summed E-state index contributed by atoms with van der Waals surface area (Å²) in [6.07, 6.45) is 3.65. The van der Waals surface area contributed by atoms with Crippen molar-refractivity contribution in [2.45, 2.75) is 32.6 Å². The van der Waals surface area contributed by atoms with Gasteiger partial charge in [0.05, 0.1) is 5.92 Å². The summed E-state index contributed by atoms with van der Waals surface area (Å²) in [5.74, 6) is 0.546. The van der Waals surface area contributed by atoms with Crippen molar-refractivity contribution in [2.24, 2.45) is 11.3 Å². The van der Waals surface area contributed by atoms with Gasteiger partial charge in [0.25, 0.3) is 0 Å². The molecular formula is C24H33N3O2. The molecule has 29 heavy (non-hydrogen) atoms. The van der Waals surface area contributed by atoms with Crippen LogP contribution in [0, 0.1) is 11.3 Å². The Morgan fingerprint density at radius 2 is 1.83 bits per heavy atom. The van der Waals surface area contributed by atoms with E-state index in [1.54, 1.807) is 0 Å². The third kappa shape index (κ3) is 4.11. The van der Waals surface area contributed by atoms with E-state index in [0.29, 0.717) is 12.3 Å². The normalized spacial score (nSPS) is 23.9. The molecule has 2 heterocycles. The summed E-state index contributed by atoms with van der Waals surface area (Å²) in [6.45, 7) is 6.30. The van der Waals surface area contributed by atoms with Crippen LogP contribution in [-0.4, -0.2) is 73.3 Å². The monoisotopic (exact) mass is 395 g/mol. The predicted octanol–water partition coefficient (Wildman–Crippen LogP) is 2.88. The molecule has 2 amide bonds. The quantitative estimate of drug-likeness (QED) is 0.770. The van der Waals surface area contributed by atoms with Gasteiger partial charge < -0.3 is 14.7 Å².